The Morgan fingerprint density at radius 2 is 2.05 bits per heavy atom. The van der Waals surface area contributed by atoms with Gasteiger partial charge < -0.3 is 16.0 Å². The number of nitrogens with two attached hydrogens (primary N) is 1. The molecule has 0 aliphatic carbocycles. The molecule has 1 fully saturated rings. The summed E-state index contributed by atoms with van der Waals surface area (Å²) < 4.78 is 25.8. The minimum absolute atomic E-state index is 0.0146. The van der Waals surface area contributed by atoms with E-state index in [0.717, 1.165) is 25.9 Å². The average molecular weight is 285 g/mol. The third-order valence-corrected chi connectivity index (χ3v) is 3.12. The zero-order chi connectivity index (χ0) is 14.6. The molecule has 1 aromatic rings. The highest BCUT2D eigenvalue weighted by atomic mass is 19.3. The second-order valence-electron chi connectivity index (χ2n) is 4.71. The molecule has 3 N–H and O–H groups in total. The van der Waals surface area contributed by atoms with Gasteiger partial charge in [0.1, 0.15) is 0 Å². The van der Waals surface area contributed by atoms with Gasteiger partial charge in [0.15, 0.2) is 11.5 Å². The molecule has 1 saturated heterocycles. The third-order valence-electron chi connectivity index (χ3n) is 3.12. The van der Waals surface area contributed by atoms with Crippen LogP contribution >= 0.6 is 0 Å². The van der Waals surface area contributed by atoms with Crippen molar-refractivity contribution in [1.82, 2.24) is 15.5 Å². The number of amides is 1. The fourth-order valence-corrected chi connectivity index (χ4v) is 1.93. The second-order valence-corrected chi connectivity index (χ2v) is 4.71. The van der Waals surface area contributed by atoms with Crippen molar-refractivity contribution in [1.29, 1.82) is 0 Å². The van der Waals surface area contributed by atoms with E-state index in [1.165, 1.54) is 6.07 Å². The van der Waals surface area contributed by atoms with Crippen molar-refractivity contribution in [2.75, 3.05) is 31.1 Å². The fourth-order valence-electron chi connectivity index (χ4n) is 1.93. The lowest BCUT2D eigenvalue weighted by Gasteiger charge is -2.16. The molecular formula is C12H17F2N5O. The first kappa shape index (κ1) is 14.6. The van der Waals surface area contributed by atoms with Gasteiger partial charge in [-0.15, -0.1) is 10.2 Å². The highest BCUT2D eigenvalue weighted by Crippen LogP contribution is 2.16. The molecule has 0 spiro atoms. The first-order valence-corrected chi connectivity index (χ1v) is 6.46. The van der Waals surface area contributed by atoms with Crippen LogP contribution in [0.1, 0.15) is 23.3 Å². The Balaban J connectivity index is 1.93. The quantitative estimate of drug-likeness (QED) is 0.818. The smallest absolute Gasteiger partial charge is 0.277 e. The minimum atomic E-state index is -3.11. The maximum atomic E-state index is 12.9. The SMILES string of the molecule is NCC(F)(F)CNC(=O)c1ccc(N2CCCC2)nn1. The van der Waals surface area contributed by atoms with Crippen LogP contribution in [0.25, 0.3) is 0 Å². The third kappa shape index (κ3) is 3.60. The lowest BCUT2D eigenvalue weighted by molar-refractivity contribution is 0.0118. The van der Waals surface area contributed by atoms with E-state index in [0.29, 0.717) is 5.82 Å². The van der Waals surface area contributed by atoms with Crippen LogP contribution in [-0.4, -0.2) is 48.2 Å². The zero-order valence-corrected chi connectivity index (χ0v) is 11.0. The van der Waals surface area contributed by atoms with Gasteiger partial charge in [0.05, 0.1) is 13.1 Å². The molecule has 20 heavy (non-hydrogen) atoms. The summed E-state index contributed by atoms with van der Waals surface area (Å²) in [5, 5.41) is 9.81. The standard InChI is InChI=1S/C12H17F2N5O/c13-12(14,7-15)8-16-11(20)9-3-4-10(18-17-9)19-5-1-2-6-19/h3-4H,1-2,5-8,15H2,(H,16,20). The van der Waals surface area contributed by atoms with Crippen molar-refractivity contribution in [2.45, 2.75) is 18.8 Å². The molecule has 8 heteroatoms. The Morgan fingerprint density at radius 3 is 2.60 bits per heavy atom. The summed E-state index contributed by atoms with van der Waals surface area (Å²) >= 11 is 0. The summed E-state index contributed by atoms with van der Waals surface area (Å²) in [7, 11) is 0. The van der Waals surface area contributed by atoms with Crippen LogP contribution in [0.5, 0.6) is 0 Å². The Labute approximate surface area is 115 Å². The number of carbonyl (C=O) groups is 1. The van der Waals surface area contributed by atoms with Gasteiger partial charge in [0.25, 0.3) is 11.8 Å². The molecule has 2 heterocycles. The first-order chi connectivity index (χ1) is 9.52. The van der Waals surface area contributed by atoms with Crippen LogP contribution in [0, 0.1) is 0 Å². The van der Waals surface area contributed by atoms with Gasteiger partial charge in [-0.1, -0.05) is 0 Å². The van der Waals surface area contributed by atoms with Crippen LogP contribution in [0.4, 0.5) is 14.6 Å². The van der Waals surface area contributed by atoms with Crippen molar-refractivity contribution >= 4 is 11.7 Å². The van der Waals surface area contributed by atoms with Gasteiger partial charge in [-0.2, -0.15) is 0 Å². The van der Waals surface area contributed by atoms with E-state index in [4.69, 9.17) is 5.73 Å². The molecule has 0 aromatic carbocycles. The monoisotopic (exact) mass is 285 g/mol. The molecule has 1 aromatic heterocycles. The number of carbonyl (C=O) groups excluding carboxylic acids is 1. The summed E-state index contributed by atoms with van der Waals surface area (Å²) in [5.74, 6) is -3.09. The summed E-state index contributed by atoms with van der Waals surface area (Å²) in [5.41, 5.74) is 4.90. The topological polar surface area (TPSA) is 84.1 Å². The first-order valence-electron chi connectivity index (χ1n) is 6.46. The van der Waals surface area contributed by atoms with Crippen molar-refractivity contribution in [2.24, 2.45) is 5.73 Å². The van der Waals surface area contributed by atoms with Gasteiger partial charge in [-0.3, -0.25) is 4.79 Å². The van der Waals surface area contributed by atoms with E-state index in [-0.39, 0.29) is 5.69 Å². The summed E-state index contributed by atoms with van der Waals surface area (Å²) in [6, 6.07) is 3.16. The van der Waals surface area contributed by atoms with Gasteiger partial charge >= 0.3 is 0 Å². The van der Waals surface area contributed by atoms with Gasteiger partial charge in [0.2, 0.25) is 0 Å². The second kappa shape index (κ2) is 6.08. The number of halogens is 2. The highest BCUT2D eigenvalue weighted by molar-refractivity contribution is 5.92. The zero-order valence-electron chi connectivity index (χ0n) is 11.0. The average Bonchev–Trinajstić information content (AvgIpc) is 2.99. The van der Waals surface area contributed by atoms with Crippen LogP contribution in [-0.2, 0) is 0 Å². The highest BCUT2D eigenvalue weighted by Gasteiger charge is 2.27. The molecule has 1 amide bonds. The molecule has 2 rings (SSSR count). The molecular weight excluding hydrogens is 268 g/mol. The van der Waals surface area contributed by atoms with E-state index in [1.807, 2.05) is 0 Å². The van der Waals surface area contributed by atoms with Crippen LogP contribution in [0.3, 0.4) is 0 Å². The predicted molar refractivity (Wildman–Crippen MR) is 69.8 cm³/mol. The fraction of sp³-hybridized carbons (Fsp3) is 0.583. The molecule has 0 saturated carbocycles. The van der Waals surface area contributed by atoms with Crippen molar-refractivity contribution in [3.63, 3.8) is 0 Å². The molecule has 1 aliphatic heterocycles. The van der Waals surface area contributed by atoms with Gasteiger partial charge in [-0.25, -0.2) is 8.78 Å². The number of alkyl halides is 2. The Bertz CT molecular complexity index is 459. The number of nitrogens with zero attached hydrogens (tertiary/aromatic N) is 3. The largest absolute Gasteiger partial charge is 0.355 e. The Hall–Kier alpha value is -1.83. The maximum absolute atomic E-state index is 12.9. The summed E-state index contributed by atoms with van der Waals surface area (Å²) in [6.07, 6.45) is 2.22. The minimum Gasteiger partial charge on any atom is -0.355 e. The number of hydrogen-bond acceptors (Lipinski definition) is 5. The molecule has 0 radical (unpaired) electrons. The van der Waals surface area contributed by atoms with Gasteiger partial charge in [-0.05, 0) is 25.0 Å². The van der Waals surface area contributed by atoms with Crippen molar-refractivity contribution < 1.29 is 13.6 Å². The van der Waals surface area contributed by atoms with Crippen molar-refractivity contribution in [3.8, 4) is 0 Å². The normalized spacial score (nSPS) is 15.4. The molecule has 0 atom stereocenters. The molecule has 1 aliphatic rings. The lowest BCUT2D eigenvalue weighted by Crippen LogP contribution is -2.41. The number of hydrogen-bond donors (Lipinski definition) is 2. The van der Waals surface area contributed by atoms with Gasteiger partial charge in [0, 0.05) is 13.1 Å². The van der Waals surface area contributed by atoms with E-state index in [1.54, 1.807) is 6.07 Å². The van der Waals surface area contributed by atoms with E-state index >= 15 is 0 Å². The van der Waals surface area contributed by atoms with E-state index < -0.39 is 24.9 Å². The molecule has 0 bridgehead atoms. The molecule has 6 nitrogen and oxygen atoms in total. The van der Waals surface area contributed by atoms with Crippen LogP contribution in [0.15, 0.2) is 12.1 Å². The van der Waals surface area contributed by atoms with E-state index in [9.17, 15) is 13.6 Å². The summed E-state index contributed by atoms with van der Waals surface area (Å²) in [6.45, 7) is 0.219. The predicted octanol–water partition coefficient (Wildman–Crippen LogP) is 0.401. The van der Waals surface area contributed by atoms with Crippen LogP contribution < -0.4 is 16.0 Å². The maximum Gasteiger partial charge on any atom is 0.277 e. The number of rotatable bonds is 5. The number of anilines is 1. The molecule has 0 unspecified atom stereocenters. The number of nitrogens with one attached hydrogen (secondary N) is 1. The van der Waals surface area contributed by atoms with Crippen molar-refractivity contribution in [3.05, 3.63) is 17.8 Å². The Kier molecular flexibility index (Phi) is 4.43. The van der Waals surface area contributed by atoms with E-state index in [2.05, 4.69) is 20.4 Å². The Morgan fingerprint density at radius 1 is 1.35 bits per heavy atom. The molecule has 110 valence electrons. The number of aromatic nitrogens is 2. The summed E-state index contributed by atoms with van der Waals surface area (Å²) in [4.78, 5) is 13.7. The lowest BCUT2D eigenvalue weighted by atomic mass is 10.3. The van der Waals surface area contributed by atoms with Crippen LogP contribution in [0.2, 0.25) is 0 Å².